The van der Waals surface area contributed by atoms with Gasteiger partial charge in [0.25, 0.3) is 0 Å². The molecule has 5 nitrogen and oxygen atoms in total. The van der Waals surface area contributed by atoms with E-state index in [1.54, 1.807) is 7.05 Å². The molecule has 118 valence electrons. The molecular formula is C15H17NO4S2. The first-order valence-corrected chi connectivity index (χ1v) is 8.86. The number of aryl methyl sites for hydroxylation is 1. The van der Waals surface area contributed by atoms with Crippen molar-refractivity contribution in [3.8, 4) is 0 Å². The van der Waals surface area contributed by atoms with Crippen LogP contribution in [0.3, 0.4) is 0 Å². The lowest BCUT2D eigenvalue weighted by molar-refractivity contribution is 0.0600. The number of esters is 1. The molecule has 7 heteroatoms. The van der Waals surface area contributed by atoms with Crippen molar-refractivity contribution >= 4 is 27.3 Å². The van der Waals surface area contributed by atoms with Crippen LogP contribution in [0.4, 0.5) is 0 Å². The largest absolute Gasteiger partial charge is 0.465 e. The van der Waals surface area contributed by atoms with Crippen LogP contribution < -0.4 is 0 Å². The second kappa shape index (κ2) is 6.60. The van der Waals surface area contributed by atoms with Gasteiger partial charge in [0.15, 0.2) is 0 Å². The third-order valence-electron chi connectivity index (χ3n) is 3.32. The number of thiophene rings is 1. The van der Waals surface area contributed by atoms with Crippen LogP contribution in [0.5, 0.6) is 0 Å². The van der Waals surface area contributed by atoms with Gasteiger partial charge in [0.2, 0.25) is 10.0 Å². The van der Waals surface area contributed by atoms with Crippen LogP contribution in [-0.4, -0.2) is 32.8 Å². The summed E-state index contributed by atoms with van der Waals surface area (Å²) in [5.74, 6) is -0.494. The van der Waals surface area contributed by atoms with Gasteiger partial charge in [0.05, 0.1) is 17.6 Å². The van der Waals surface area contributed by atoms with Gasteiger partial charge in [-0.1, -0.05) is 0 Å². The van der Waals surface area contributed by atoms with E-state index in [-0.39, 0.29) is 4.90 Å². The molecule has 0 N–H and O–H groups in total. The summed E-state index contributed by atoms with van der Waals surface area (Å²) in [6.45, 7) is 2.28. The predicted molar refractivity (Wildman–Crippen MR) is 85.5 cm³/mol. The molecule has 0 aliphatic carbocycles. The Morgan fingerprint density at radius 3 is 2.36 bits per heavy atom. The molecule has 22 heavy (non-hydrogen) atoms. The van der Waals surface area contributed by atoms with Crippen molar-refractivity contribution < 1.29 is 17.9 Å². The first kappa shape index (κ1) is 16.7. The van der Waals surface area contributed by atoms with E-state index >= 15 is 0 Å². The third-order valence-corrected chi connectivity index (χ3v) is 6.14. The molecule has 0 bridgehead atoms. The van der Waals surface area contributed by atoms with E-state index < -0.39 is 16.0 Å². The number of benzene rings is 1. The number of hydrogen-bond donors (Lipinski definition) is 0. The lowest BCUT2D eigenvalue weighted by atomic mass is 10.2. The van der Waals surface area contributed by atoms with Gasteiger partial charge < -0.3 is 4.74 Å². The molecule has 1 heterocycles. The highest BCUT2D eigenvalue weighted by atomic mass is 32.2. The Bertz CT molecular complexity index is 763. The van der Waals surface area contributed by atoms with Crippen LogP contribution in [0.25, 0.3) is 0 Å². The number of hydrogen-bond acceptors (Lipinski definition) is 5. The molecule has 0 atom stereocenters. The highest BCUT2D eigenvalue weighted by Gasteiger charge is 2.22. The Kier molecular flexibility index (Phi) is 5.00. The first-order valence-electron chi connectivity index (χ1n) is 6.54. The minimum absolute atomic E-state index is 0.150. The molecule has 0 aliphatic heterocycles. The normalized spacial score (nSPS) is 11.6. The lowest BCUT2D eigenvalue weighted by Gasteiger charge is -2.17. The Morgan fingerprint density at radius 2 is 1.86 bits per heavy atom. The van der Waals surface area contributed by atoms with E-state index in [1.807, 2.05) is 18.4 Å². The van der Waals surface area contributed by atoms with Crippen molar-refractivity contribution in [1.82, 2.24) is 4.31 Å². The minimum atomic E-state index is -3.59. The summed E-state index contributed by atoms with van der Waals surface area (Å²) in [5.41, 5.74) is 1.39. The summed E-state index contributed by atoms with van der Waals surface area (Å²) < 4.78 is 31.0. The van der Waals surface area contributed by atoms with Gasteiger partial charge in [-0.3, -0.25) is 0 Å². The summed E-state index contributed by atoms with van der Waals surface area (Å²) in [5, 5.41) is 1.94. The second-order valence-corrected chi connectivity index (χ2v) is 7.85. The highest BCUT2D eigenvalue weighted by molar-refractivity contribution is 7.89. The zero-order valence-corrected chi connectivity index (χ0v) is 14.2. The molecule has 1 aromatic heterocycles. The van der Waals surface area contributed by atoms with Crippen molar-refractivity contribution in [2.45, 2.75) is 18.4 Å². The number of carbonyl (C=O) groups is 1. The third kappa shape index (κ3) is 3.37. The maximum absolute atomic E-state index is 12.5. The van der Waals surface area contributed by atoms with E-state index in [9.17, 15) is 13.2 Å². The summed E-state index contributed by atoms with van der Waals surface area (Å²) >= 11 is 1.53. The molecular weight excluding hydrogens is 322 g/mol. The fourth-order valence-electron chi connectivity index (χ4n) is 1.91. The maximum atomic E-state index is 12.5. The van der Waals surface area contributed by atoms with Gasteiger partial charge in [0, 0.05) is 18.5 Å². The molecule has 2 rings (SSSR count). The molecule has 0 fully saturated rings. The molecule has 0 saturated heterocycles. The number of rotatable bonds is 5. The van der Waals surface area contributed by atoms with Gasteiger partial charge in [-0.2, -0.15) is 4.31 Å². The van der Waals surface area contributed by atoms with Gasteiger partial charge in [-0.05, 0) is 48.2 Å². The van der Waals surface area contributed by atoms with Gasteiger partial charge >= 0.3 is 5.97 Å². The lowest BCUT2D eigenvalue weighted by Crippen LogP contribution is -2.26. The number of methoxy groups -OCH3 is 1. The van der Waals surface area contributed by atoms with Crippen molar-refractivity contribution in [2.75, 3.05) is 14.2 Å². The van der Waals surface area contributed by atoms with Gasteiger partial charge in [-0.15, -0.1) is 11.3 Å². The highest BCUT2D eigenvalue weighted by Crippen LogP contribution is 2.22. The molecule has 0 saturated carbocycles. The SMILES string of the molecule is COC(=O)c1ccc(S(=O)(=O)N(C)Cc2sccc2C)cc1. The smallest absolute Gasteiger partial charge is 0.337 e. The van der Waals surface area contributed by atoms with Crippen LogP contribution in [0.15, 0.2) is 40.6 Å². The molecule has 1 aromatic carbocycles. The Hall–Kier alpha value is -1.70. The standard InChI is InChI=1S/C15H17NO4S2/c1-11-8-9-21-14(11)10-16(2)22(18,19)13-6-4-12(5-7-13)15(17)20-3/h4-9H,10H2,1-3H3. The Labute approximate surface area is 134 Å². The molecule has 0 aliphatic rings. The van der Waals surface area contributed by atoms with Crippen LogP contribution in [0.2, 0.25) is 0 Å². The monoisotopic (exact) mass is 339 g/mol. The van der Waals surface area contributed by atoms with Crippen LogP contribution in [-0.2, 0) is 21.3 Å². The first-order chi connectivity index (χ1) is 10.4. The van der Waals surface area contributed by atoms with Gasteiger partial charge in [-0.25, -0.2) is 13.2 Å². The van der Waals surface area contributed by atoms with E-state index in [0.717, 1.165) is 10.4 Å². The molecule has 0 amide bonds. The average Bonchev–Trinajstić information content (AvgIpc) is 2.91. The fraction of sp³-hybridized carbons (Fsp3) is 0.267. The predicted octanol–water partition coefficient (Wildman–Crippen LogP) is 2.66. The number of carbonyl (C=O) groups excluding carboxylic acids is 1. The molecule has 0 radical (unpaired) electrons. The minimum Gasteiger partial charge on any atom is -0.465 e. The zero-order valence-electron chi connectivity index (χ0n) is 12.6. The van der Waals surface area contributed by atoms with E-state index in [0.29, 0.717) is 12.1 Å². The van der Waals surface area contributed by atoms with Crippen molar-refractivity contribution in [1.29, 1.82) is 0 Å². The van der Waals surface area contributed by atoms with Crippen molar-refractivity contribution in [2.24, 2.45) is 0 Å². The van der Waals surface area contributed by atoms with E-state index in [4.69, 9.17) is 0 Å². The molecule has 2 aromatic rings. The van der Waals surface area contributed by atoms with Gasteiger partial charge in [0.1, 0.15) is 0 Å². The molecule has 0 unspecified atom stereocenters. The summed E-state index contributed by atoms with van der Waals surface area (Å²) in [4.78, 5) is 12.5. The summed E-state index contributed by atoms with van der Waals surface area (Å²) in [7, 11) is -0.767. The van der Waals surface area contributed by atoms with E-state index in [2.05, 4.69) is 4.74 Å². The second-order valence-electron chi connectivity index (χ2n) is 4.80. The topological polar surface area (TPSA) is 63.7 Å². The maximum Gasteiger partial charge on any atom is 0.337 e. The Morgan fingerprint density at radius 1 is 1.23 bits per heavy atom. The molecule has 0 spiro atoms. The average molecular weight is 339 g/mol. The van der Waals surface area contributed by atoms with Crippen LogP contribution in [0, 0.1) is 6.92 Å². The summed E-state index contributed by atoms with van der Waals surface area (Å²) in [6, 6.07) is 7.69. The number of nitrogens with zero attached hydrogens (tertiary/aromatic N) is 1. The Balaban J connectivity index is 2.22. The zero-order chi connectivity index (χ0) is 16.3. The fourth-order valence-corrected chi connectivity index (χ4v) is 4.09. The number of sulfonamides is 1. The summed E-state index contributed by atoms with van der Waals surface area (Å²) in [6.07, 6.45) is 0. The number of ether oxygens (including phenoxy) is 1. The quantitative estimate of drug-likeness (QED) is 0.786. The van der Waals surface area contributed by atoms with Crippen molar-refractivity contribution in [3.05, 3.63) is 51.7 Å². The van der Waals surface area contributed by atoms with Crippen molar-refractivity contribution in [3.63, 3.8) is 0 Å². The van der Waals surface area contributed by atoms with Crippen LogP contribution in [0.1, 0.15) is 20.8 Å². The van der Waals surface area contributed by atoms with Crippen LogP contribution >= 0.6 is 11.3 Å². The van der Waals surface area contributed by atoms with E-state index in [1.165, 1.54) is 47.0 Å².